The zero-order valence-corrected chi connectivity index (χ0v) is 10.4. The maximum absolute atomic E-state index is 11.2. The second kappa shape index (κ2) is 7.74. The lowest BCUT2D eigenvalue weighted by Gasteiger charge is -2.07. The van der Waals surface area contributed by atoms with Gasteiger partial charge in [0.2, 0.25) is 5.91 Å². The van der Waals surface area contributed by atoms with Crippen LogP contribution in [0.3, 0.4) is 0 Å². The number of hydrogen-bond acceptors (Lipinski definition) is 2. The van der Waals surface area contributed by atoms with Gasteiger partial charge in [0.25, 0.3) is 0 Å². The van der Waals surface area contributed by atoms with E-state index in [-0.39, 0.29) is 5.91 Å². The van der Waals surface area contributed by atoms with E-state index in [4.69, 9.17) is 16.3 Å². The van der Waals surface area contributed by atoms with Gasteiger partial charge in [-0.3, -0.25) is 4.79 Å². The molecule has 0 spiro atoms. The van der Waals surface area contributed by atoms with Gasteiger partial charge in [-0.15, -0.1) is 6.58 Å². The fourth-order valence-electron chi connectivity index (χ4n) is 1.25. The third-order valence-electron chi connectivity index (χ3n) is 2.09. The summed E-state index contributed by atoms with van der Waals surface area (Å²) in [5.74, 6) is 0.660. The summed E-state index contributed by atoms with van der Waals surface area (Å²) in [6.45, 7) is 4.51. The summed E-state index contributed by atoms with van der Waals surface area (Å²) in [6, 6.07) is 7.28. The first-order valence-electron chi connectivity index (χ1n) is 5.49. The first-order chi connectivity index (χ1) is 8.24. The molecule has 0 radical (unpaired) electrons. The molecule has 1 aromatic rings. The first kappa shape index (κ1) is 13.6. The molecule has 1 N–H and O–H groups in total. The van der Waals surface area contributed by atoms with Crippen LogP contribution >= 0.6 is 11.6 Å². The lowest BCUT2D eigenvalue weighted by Crippen LogP contribution is -2.23. The first-order valence-corrected chi connectivity index (χ1v) is 5.86. The van der Waals surface area contributed by atoms with Crippen LogP contribution < -0.4 is 10.1 Å². The Morgan fingerprint density at radius 1 is 1.47 bits per heavy atom. The number of carbonyl (C=O) groups is 1. The van der Waals surface area contributed by atoms with Crippen LogP contribution in [0, 0.1) is 0 Å². The highest BCUT2D eigenvalue weighted by atomic mass is 35.5. The van der Waals surface area contributed by atoms with Crippen LogP contribution in [0.25, 0.3) is 0 Å². The van der Waals surface area contributed by atoms with E-state index in [0.29, 0.717) is 36.8 Å². The Bertz CT molecular complexity index is 379. The lowest BCUT2D eigenvalue weighted by atomic mass is 10.3. The molecular weight excluding hydrogens is 238 g/mol. The Labute approximate surface area is 106 Å². The fraction of sp³-hybridized carbons (Fsp3) is 0.308. The van der Waals surface area contributed by atoms with E-state index >= 15 is 0 Å². The Kier molecular flexibility index (Phi) is 6.18. The highest BCUT2D eigenvalue weighted by Gasteiger charge is 2.01. The van der Waals surface area contributed by atoms with Crippen LogP contribution in [-0.2, 0) is 4.79 Å². The van der Waals surface area contributed by atoms with Crippen molar-refractivity contribution in [2.75, 3.05) is 13.2 Å². The van der Waals surface area contributed by atoms with Gasteiger partial charge in [-0.25, -0.2) is 0 Å². The largest absolute Gasteiger partial charge is 0.492 e. The second-order valence-electron chi connectivity index (χ2n) is 3.48. The van der Waals surface area contributed by atoms with Crippen molar-refractivity contribution in [1.29, 1.82) is 0 Å². The molecule has 3 nitrogen and oxygen atoms in total. The molecule has 0 aliphatic carbocycles. The van der Waals surface area contributed by atoms with Gasteiger partial charge in [0.15, 0.2) is 0 Å². The smallest absolute Gasteiger partial charge is 0.220 e. The second-order valence-corrected chi connectivity index (χ2v) is 3.88. The molecule has 0 unspecified atom stereocenters. The normalized spacial score (nSPS) is 9.71. The number of ether oxygens (including phenoxy) is 1. The molecule has 0 aliphatic heterocycles. The van der Waals surface area contributed by atoms with Crippen LogP contribution in [0.4, 0.5) is 0 Å². The average Bonchev–Trinajstić information content (AvgIpc) is 2.34. The minimum Gasteiger partial charge on any atom is -0.492 e. The van der Waals surface area contributed by atoms with Gasteiger partial charge in [0.05, 0.1) is 11.6 Å². The molecule has 17 heavy (non-hydrogen) atoms. The highest BCUT2D eigenvalue weighted by Crippen LogP contribution is 2.23. The van der Waals surface area contributed by atoms with E-state index in [1.165, 1.54) is 0 Å². The maximum atomic E-state index is 11.2. The molecule has 0 aliphatic rings. The predicted molar refractivity (Wildman–Crippen MR) is 69.4 cm³/mol. The van der Waals surface area contributed by atoms with Crippen molar-refractivity contribution in [3.63, 3.8) is 0 Å². The van der Waals surface area contributed by atoms with Crippen LogP contribution in [0.2, 0.25) is 5.02 Å². The molecule has 0 heterocycles. The predicted octanol–water partition coefficient (Wildman–Crippen LogP) is 2.80. The number of amides is 1. The molecule has 1 rings (SSSR count). The number of benzene rings is 1. The molecular formula is C13H16ClNO2. The monoisotopic (exact) mass is 253 g/mol. The summed E-state index contributed by atoms with van der Waals surface area (Å²) in [6.07, 6.45) is 2.75. The lowest BCUT2D eigenvalue weighted by molar-refractivity contribution is -0.121. The summed E-state index contributed by atoms with van der Waals surface area (Å²) in [5.41, 5.74) is 0. The van der Waals surface area contributed by atoms with E-state index in [0.717, 1.165) is 0 Å². The van der Waals surface area contributed by atoms with Crippen molar-refractivity contribution in [1.82, 2.24) is 5.32 Å². The van der Waals surface area contributed by atoms with Gasteiger partial charge in [-0.1, -0.05) is 29.8 Å². The third kappa shape index (κ3) is 5.41. The van der Waals surface area contributed by atoms with E-state index in [1.54, 1.807) is 18.2 Å². The molecule has 0 atom stereocenters. The quantitative estimate of drug-likeness (QED) is 0.599. The molecule has 0 fully saturated rings. The number of carbonyl (C=O) groups excluding carboxylic acids is 1. The molecule has 4 heteroatoms. The Balaban J connectivity index is 2.18. The van der Waals surface area contributed by atoms with Crippen LogP contribution in [0.1, 0.15) is 12.8 Å². The average molecular weight is 254 g/mol. The Morgan fingerprint density at radius 2 is 2.24 bits per heavy atom. The summed E-state index contributed by atoms with van der Waals surface area (Å²) < 4.78 is 5.46. The fourth-order valence-corrected chi connectivity index (χ4v) is 1.44. The summed E-state index contributed by atoms with van der Waals surface area (Å²) in [4.78, 5) is 11.2. The standard InChI is InChI=1S/C13H16ClNO2/c1-2-9-15-13(16)8-5-10-17-12-7-4-3-6-11(12)14/h2-4,6-7H,1,5,8-10H2,(H,15,16). The van der Waals surface area contributed by atoms with E-state index in [9.17, 15) is 4.79 Å². The summed E-state index contributed by atoms with van der Waals surface area (Å²) in [5, 5.41) is 3.29. The molecule has 0 saturated carbocycles. The van der Waals surface area contributed by atoms with E-state index in [1.807, 2.05) is 12.1 Å². The molecule has 1 aromatic carbocycles. The van der Waals surface area contributed by atoms with Crippen molar-refractivity contribution in [2.24, 2.45) is 0 Å². The van der Waals surface area contributed by atoms with Gasteiger partial charge in [-0.2, -0.15) is 0 Å². The number of nitrogens with one attached hydrogen (secondary N) is 1. The van der Waals surface area contributed by atoms with E-state index < -0.39 is 0 Å². The van der Waals surface area contributed by atoms with Gasteiger partial charge >= 0.3 is 0 Å². The van der Waals surface area contributed by atoms with Gasteiger partial charge < -0.3 is 10.1 Å². The van der Waals surface area contributed by atoms with E-state index in [2.05, 4.69) is 11.9 Å². The van der Waals surface area contributed by atoms with Crippen molar-refractivity contribution in [3.05, 3.63) is 41.9 Å². The maximum Gasteiger partial charge on any atom is 0.220 e. The number of hydrogen-bond donors (Lipinski definition) is 1. The highest BCUT2D eigenvalue weighted by molar-refractivity contribution is 6.32. The molecule has 0 aromatic heterocycles. The van der Waals surface area contributed by atoms with Crippen LogP contribution in [0.15, 0.2) is 36.9 Å². The zero-order valence-electron chi connectivity index (χ0n) is 9.62. The van der Waals surface area contributed by atoms with Crippen LogP contribution in [-0.4, -0.2) is 19.1 Å². The number of para-hydroxylation sites is 1. The number of rotatable bonds is 7. The molecule has 0 saturated heterocycles. The molecule has 1 amide bonds. The van der Waals surface area contributed by atoms with Gasteiger partial charge in [-0.05, 0) is 18.6 Å². The third-order valence-corrected chi connectivity index (χ3v) is 2.40. The minimum absolute atomic E-state index is 0.00709. The number of halogens is 1. The van der Waals surface area contributed by atoms with Crippen molar-refractivity contribution < 1.29 is 9.53 Å². The zero-order chi connectivity index (χ0) is 12.5. The summed E-state index contributed by atoms with van der Waals surface area (Å²) >= 11 is 5.92. The van der Waals surface area contributed by atoms with Crippen molar-refractivity contribution in [3.8, 4) is 5.75 Å². The molecule has 92 valence electrons. The molecule has 0 bridgehead atoms. The van der Waals surface area contributed by atoms with Crippen molar-refractivity contribution >= 4 is 17.5 Å². The van der Waals surface area contributed by atoms with Gasteiger partial charge in [0.1, 0.15) is 5.75 Å². The Morgan fingerprint density at radius 3 is 2.94 bits per heavy atom. The Hall–Kier alpha value is -1.48. The minimum atomic E-state index is 0.00709. The van der Waals surface area contributed by atoms with Gasteiger partial charge in [0, 0.05) is 13.0 Å². The van der Waals surface area contributed by atoms with Crippen LogP contribution in [0.5, 0.6) is 5.75 Å². The van der Waals surface area contributed by atoms with Crippen molar-refractivity contribution in [2.45, 2.75) is 12.8 Å². The topological polar surface area (TPSA) is 38.3 Å². The summed E-state index contributed by atoms with van der Waals surface area (Å²) in [7, 11) is 0. The SMILES string of the molecule is C=CCNC(=O)CCCOc1ccccc1Cl.